The van der Waals surface area contributed by atoms with Crippen LogP contribution in [-0.2, 0) is 4.79 Å². The normalized spacial score (nSPS) is 23.8. The molecule has 0 bridgehead atoms. The number of benzene rings is 1. The van der Waals surface area contributed by atoms with Gasteiger partial charge in [0.25, 0.3) is 0 Å². The molecule has 8 heteroatoms. The Morgan fingerprint density at radius 1 is 1.03 bits per heavy atom. The summed E-state index contributed by atoms with van der Waals surface area (Å²) in [6.07, 6.45) is 2.97. The molecule has 1 saturated carbocycles. The Morgan fingerprint density at radius 2 is 1.69 bits per heavy atom. The van der Waals surface area contributed by atoms with E-state index in [0.29, 0.717) is 37.5 Å². The average Bonchev–Trinajstić information content (AvgIpc) is 3.28. The summed E-state index contributed by atoms with van der Waals surface area (Å²) in [6.45, 7) is 3.47. The number of piperidine rings is 1. The molecule has 1 atom stereocenters. The van der Waals surface area contributed by atoms with Crippen molar-refractivity contribution in [1.82, 2.24) is 9.80 Å². The third-order valence-corrected chi connectivity index (χ3v) is 7.36. The second kappa shape index (κ2) is 9.59. The Labute approximate surface area is 187 Å². The Balaban J connectivity index is 1.55. The third kappa shape index (κ3) is 5.39. The van der Waals surface area contributed by atoms with Gasteiger partial charge in [0.2, 0.25) is 5.91 Å². The van der Waals surface area contributed by atoms with Gasteiger partial charge in [-0.1, -0.05) is 31.4 Å². The van der Waals surface area contributed by atoms with E-state index in [9.17, 15) is 23.1 Å². The van der Waals surface area contributed by atoms with Crippen LogP contribution in [0, 0.1) is 0 Å². The Kier molecular flexibility index (Phi) is 7.00. The fourth-order valence-electron chi connectivity index (χ4n) is 5.77. The Bertz CT molecular complexity index is 781. The summed E-state index contributed by atoms with van der Waals surface area (Å²) in [6, 6.07) is 6.07. The minimum Gasteiger partial charge on any atom is -0.406 e. The van der Waals surface area contributed by atoms with Crippen LogP contribution in [0.3, 0.4) is 0 Å². The van der Waals surface area contributed by atoms with E-state index in [-0.39, 0.29) is 11.7 Å². The number of carbonyl (C=O) groups is 1. The van der Waals surface area contributed by atoms with Gasteiger partial charge in [-0.3, -0.25) is 4.79 Å². The first-order chi connectivity index (χ1) is 15.3. The van der Waals surface area contributed by atoms with E-state index in [1.54, 1.807) is 11.0 Å². The summed E-state index contributed by atoms with van der Waals surface area (Å²) in [4.78, 5) is 18.0. The summed E-state index contributed by atoms with van der Waals surface area (Å²) < 4.78 is 42.4. The van der Waals surface area contributed by atoms with E-state index in [2.05, 4.69) is 9.64 Å². The molecule has 178 valence electrons. The molecule has 32 heavy (non-hydrogen) atoms. The lowest BCUT2D eigenvalue weighted by Gasteiger charge is -2.43. The number of alkyl halides is 3. The quantitative estimate of drug-likeness (QED) is 0.714. The molecule has 1 aliphatic carbocycles. The minimum absolute atomic E-state index is 0.182. The van der Waals surface area contributed by atoms with Gasteiger partial charge in [0.1, 0.15) is 5.75 Å². The summed E-state index contributed by atoms with van der Waals surface area (Å²) in [7, 11) is 0. The molecule has 1 amide bonds. The van der Waals surface area contributed by atoms with Gasteiger partial charge in [-0.25, -0.2) is 0 Å². The zero-order valence-corrected chi connectivity index (χ0v) is 18.4. The first kappa shape index (κ1) is 23.4. The van der Waals surface area contributed by atoms with Crippen molar-refractivity contribution < 1.29 is 27.8 Å². The molecule has 3 aliphatic rings. The molecule has 1 N–H and O–H groups in total. The van der Waals surface area contributed by atoms with Gasteiger partial charge in [-0.2, -0.15) is 0 Å². The predicted molar refractivity (Wildman–Crippen MR) is 114 cm³/mol. The second-order valence-corrected chi connectivity index (χ2v) is 9.52. The van der Waals surface area contributed by atoms with E-state index >= 15 is 0 Å². The first-order valence-corrected chi connectivity index (χ1v) is 11.9. The standard InChI is InChI=1S/C24H33F3N2O3/c25-24(26,27)32-20-8-6-7-18(17-20)21(23(31)11-2-1-3-12-23)22(30)29-15-9-19(10-16-29)28-13-4-5-14-28/h6-8,17,19,21,31H,1-5,9-16H2/t21-/m1/s1. The van der Waals surface area contributed by atoms with Gasteiger partial charge in [-0.05, 0) is 69.3 Å². The number of hydrogen-bond acceptors (Lipinski definition) is 4. The van der Waals surface area contributed by atoms with Gasteiger partial charge in [-0.15, -0.1) is 13.2 Å². The summed E-state index contributed by atoms with van der Waals surface area (Å²) in [5.74, 6) is -1.43. The van der Waals surface area contributed by atoms with Crippen molar-refractivity contribution in [2.45, 2.75) is 81.7 Å². The highest BCUT2D eigenvalue weighted by atomic mass is 19.4. The molecular formula is C24H33F3N2O3. The number of likely N-dealkylation sites (tertiary alicyclic amines) is 2. The van der Waals surface area contributed by atoms with E-state index < -0.39 is 17.9 Å². The first-order valence-electron chi connectivity index (χ1n) is 11.9. The van der Waals surface area contributed by atoms with Crippen LogP contribution in [0.5, 0.6) is 5.75 Å². The molecule has 2 heterocycles. The molecule has 1 aromatic rings. The maximum absolute atomic E-state index is 13.7. The topological polar surface area (TPSA) is 53.0 Å². The van der Waals surface area contributed by atoms with Crippen LogP contribution in [0.2, 0.25) is 0 Å². The highest BCUT2D eigenvalue weighted by molar-refractivity contribution is 5.85. The number of hydrogen-bond donors (Lipinski definition) is 1. The lowest BCUT2D eigenvalue weighted by Crippen LogP contribution is -2.52. The van der Waals surface area contributed by atoms with Gasteiger partial charge in [0, 0.05) is 19.1 Å². The lowest BCUT2D eigenvalue weighted by molar-refractivity contribution is -0.274. The molecule has 1 aromatic carbocycles. The van der Waals surface area contributed by atoms with Gasteiger partial charge in [0.05, 0.1) is 11.5 Å². The SMILES string of the molecule is O=C([C@@H](c1cccc(OC(F)(F)F)c1)C1(O)CCCCC1)N1CCC(N2CCCC2)CC1. The van der Waals surface area contributed by atoms with Crippen molar-refractivity contribution in [3.63, 3.8) is 0 Å². The molecule has 2 saturated heterocycles. The fraction of sp³-hybridized carbons (Fsp3) is 0.708. The second-order valence-electron chi connectivity index (χ2n) is 9.52. The highest BCUT2D eigenvalue weighted by Gasteiger charge is 2.45. The lowest BCUT2D eigenvalue weighted by atomic mass is 9.72. The van der Waals surface area contributed by atoms with Crippen LogP contribution < -0.4 is 4.74 Å². The van der Waals surface area contributed by atoms with E-state index in [0.717, 1.165) is 45.2 Å². The molecule has 5 nitrogen and oxygen atoms in total. The molecule has 2 aliphatic heterocycles. The van der Waals surface area contributed by atoms with Crippen molar-refractivity contribution in [1.29, 1.82) is 0 Å². The molecule has 3 fully saturated rings. The van der Waals surface area contributed by atoms with Gasteiger partial charge in [0.15, 0.2) is 0 Å². The van der Waals surface area contributed by atoms with Crippen LogP contribution in [0.4, 0.5) is 13.2 Å². The summed E-state index contributed by atoms with van der Waals surface area (Å²) >= 11 is 0. The maximum Gasteiger partial charge on any atom is 0.573 e. The third-order valence-electron chi connectivity index (χ3n) is 7.36. The van der Waals surface area contributed by atoms with Crippen LogP contribution in [0.25, 0.3) is 0 Å². The monoisotopic (exact) mass is 454 g/mol. The van der Waals surface area contributed by atoms with Crippen LogP contribution in [-0.4, -0.2) is 65.0 Å². The number of halogens is 3. The predicted octanol–water partition coefficient (Wildman–Crippen LogP) is 4.45. The number of carbonyl (C=O) groups excluding carboxylic acids is 1. The van der Waals surface area contributed by atoms with Crippen molar-refractivity contribution >= 4 is 5.91 Å². The number of amides is 1. The fourth-order valence-corrected chi connectivity index (χ4v) is 5.77. The number of nitrogens with zero attached hydrogens (tertiary/aromatic N) is 2. The smallest absolute Gasteiger partial charge is 0.406 e. The Hall–Kier alpha value is -1.80. The summed E-state index contributed by atoms with van der Waals surface area (Å²) in [5, 5.41) is 11.5. The van der Waals surface area contributed by atoms with Crippen molar-refractivity contribution in [3.8, 4) is 5.75 Å². The van der Waals surface area contributed by atoms with E-state index in [4.69, 9.17) is 0 Å². The number of ether oxygens (including phenoxy) is 1. The van der Waals surface area contributed by atoms with Crippen LogP contribution >= 0.6 is 0 Å². The highest BCUT2D eigenvalue weighted by Crippen LogP contribution is 2.42. The van der Waals surface area contributed by atoms with Gasteiger partial charge >= 0.3 is 6.36 Å². The zero-order chi connectivity index (χ0) is 22.8. The van der Waals surface area contributed by atoms with E-state index in [1.807, 2.05) is 0 Å². The van der Waals surface area contributed by atoms with Crippen LogP contribution in [0.15, 0.2) is 24.3 Å². The molecule has 0 aromatic heterocycles. The maximum atomic E-state index is 13.7. The zero-order valence-electron chi connectivity index (χ0n) is 18.4. The number of rotatable bonds is 5. The average molecular weight is 455 g/mol. The van der Waals surface area contributed by atoms with Crippen molar-refractivity contribution in [2.24, 2.45) is 0 Å². The molecular weight excluding hydrogens is 421 g/mol. The van der Waals surface area contributed by atoms with Gasteiger partial charge < -0.3 is 19.6 Å². The summed E-state index contributed by atoms with van der Waals surface area (Å²) in [5.41, 5.74) is -0.860. The largest absolute Gasteiger partial charge is 0.573 e. The van der Waals surface area contributed by atoms with E-state index in [1.165, 1.54) is 31.0 Å². The molecule has 0 spiro atoms. The molecule has 0 unspecified atom stereocenters. The van der Waals surface area contributed by atoms with Crippen LogP contribution in [0.1, 0.15) is 69.3 Å². The Morgan fingerprint density at radius 3 is 2.31 bits per heavy atom. The van der Waals surface area contributed by atoms with Crippen molar-refractivity contribution in [3.05, 3.63) is 29.8 Å². The van der Waals surface area contributed by atoms with Crippen molar-refractivity contribution in [2.75, 3.05) is 26.2 Å². The molecule has 4 rings (SSSR count). The molecule has 0 radical (unpaired) electrons. The number of aliphatic hydroxyl groups is 1. The minimum atomic E-state index is -4.81.